The quantitative estimate of drug-likeness (QED) is 0.722. The third kappa shape index (κ3) is 2.55. The van der Waals surface area contributed by atoms with Crippen LogP contribution in [0.4, 0.5) is 0 Å². The van der Waals surface area contributed by atoms with Crippen LogP contribution in [0.15, 0.2) is 0 Å². The lowest BCUT2D eigenvalue weighted by molar-refractivity contribution is -0.146. The molecule has 92 valence electrons. The summed E-state index contributed by atoms with van der Waals surface area (Å²) in [5.74, 6) is -0.0735. The lowest BCUT2D eigenvalue weighted by Gasteiger charge is -2.34. The molecular formula is C12H22N2O2. The number of nitrogens with zero attached hydrogens (tertiary/aromatic N) is 1. The Morgan fingerprint density at radius 1 is 1.38 bits per heavy atom. The zero-order valence-electron chi connectivity index (χ0n) is 10.1. The number of piperidine rings is 1. The average molecular weight is 226 g/mol. The number of nitrogens with one attached hydrogen (secondary N) is 1. The maximum Gasteiger partial charge on any atom is 0.324 e. The molecule has 0 saturated carbocycles. The second-order valence-corrected chi connectivity index (χ2v) is 4.64. The normalized spacial score (nSPS) is 31.6. The molecule has 16 heavy (non-hydrogen) atoms. The van der Waals surface area contributed by atoms with Crippen molar-refractivity contribution in [2.45, 2.75) is 44.7 Å². The smallest absolute Gasteiger partial charge is 0.324 e. The number of carbonyl (C=O) groups excluding carboxylic acids is 1. The molecule has 2 aliphatic rings. The van der Waals surface area contributed by atoms with E-state index in [1.807, 2.05) is 6.92 Å². The number of likely N-dealkylation sites (tertiary alicyclic amines) is 1. The monoisotopic (exact) mass is 226 g/mol. The van der Waals surface area contributed by atoms with Crippen molar-refractivity contribution in [2.75, 3.05) is 26.2 Å². The Labute approximate surface area is 97.3 Å². The topological polar surface area (TPSA) is 41.6 Å². The first-order valence-electron chi connectivity index (χ1n) is 6.47. The van der Waals surface area contributed by atoms with Crippen molar-refractivity contribution in [3.63, 3.8) is 0 Å². The molecule has 0 aromatic rings. The predicted octanol–water partition coefficient (Wildman–Crippen LogP) is 0.766. The van der Waals surface area contributed by atoms with Gasteiger partial charge in [0.05, 0.1) is 6.61 Å². The van der Waals surface area contributed by atoms with E-state index in [1.54, 1.807) is 0 Å². The lowest BCUT2D eigenvalue weighted by atomic mass is 10.0. The minimum Gasteiger partial charge on any atom is -0.465 e. The summed E-state index contributed by atoms with van der Waals surface area (Å²) in [6.45, 7) is 5.56. The van der Waals surface area contributed by atoms with Crippen molar-refractivity contribution in [1.82, 2.24) is 10.2 Å². The molecule has 0 radical (unpaired) electrons. The van der Waals surface area contributed by atoms with Crippen molar-refractivity contribution in [3.8, 4) is 0 Å². The Morgan fingerprint density at radius 2 is 2.12 bits per heavy atom. The summed E-state index contributed by atoms with van der Waals surface area (Å²) in [5, 5.41) is 3.27. The van der Waals surface area contributed by atoms with Crippen molar-refractivity contribution >= 4 is 5.97 Å². The molecule has 2 fully saturated rings. The molecule has 4 heteroatoms. The molecule has 1 N–H and O–H groups in total. The molecule has 2 saturated heterocycles. The maximum atomic E-state index is 11.8. The van der Waals surface area contributed by atoms with E-state index in [1.165, 1.54) is 19.3 Å². The zero-order chi connectivity index (χ0) is 11.4. The largest absolute Gasteiger partial charge is 0.465 e. The van der Waals surface area contributed by atoms with Crippen LogP contribution >= 0.6 is 0 Å². The summed E-state index contributed by atoms with van der Waals surface area (Å²) >= 11 is 0. The van der Waals surface area contributed by atoms with Crippen LogP contribution in [0.2, 0.25) is 0 Å². The van der Waals surface area contributed by atoms with Gasteiger partial charge in [0.25, 0.3) is 0 Å². The van der Waals surface area contributed by atoms with Crippen LogP contribution < -0.4 is 5.32 Å². The van der Waals surface area contributed by atoms with Crippen LogP contribution in [0.5, 0.6) is 0 Å². The van der Waals surface area contributed by atoms with Gasteiger partial charge in [0.2, 0.25) is 0 Å². The van der Waals surface area contributed by atoms with Crippen molar-refractivity contribution in [2.24, 2.45) is 0 Å². The van der Waals surface area contributed by atoms with E-state index in [-0.39, 0.29) is 12.0 Å². The fraction of sp³-hybridized carbons (Fsp3) is 0.917. The molecule has 0 aromatic heterocycles. The number of carbonyl (C=O) groups is 1. The molecule has 0 bridgehead atoms. The first-order valence-corrected chi connectivity index (χ1v) is 6.47. The summed E-state index contributed by atoms with van der Waals surface area (Å²) in [5.41, 5.74) is 0. The molecular weight excluding hydrogens is 204 g/mol. The van der Waals surface area contributed by atoms with Gasteiger partial charge in [0.15, 0.2) is 0 Å². The predicted molar refractivity (Wildman–Crippen MR) is 62.3 cm³/mol. The number of hydrogen-bond donors (Lipinski definition) is 1. The molecule has 0 aromatic carbocycles. The molecule has 0 spiro atoms. The van der Waals surface area contributed by atoms with Crippen LogP contribution in [0.25, 0.3) is 0 Å². The highest BCUT2D eigenvalue weighted by Gasteiger charge is 2.37. The van der Waals surface area contributed by atoms with Gasteiger partial charge in [-0.15, -0.1) is 0 Å². The highest BCUT2D eigenvalue weighted by atomic mass is 16.5. The van der Waals surface area contributed by atoms with Gasteiger partial charge in [-0.1, -0.05) is 6.42 Å². The van der Waals surface area contributed by atoms with E-state index >= 15 is 0 Å². The Bertz CT molecular complexity index is 239. The second-order valence-electron chi connectivity index (χ2n) is 4.64. The molecule has 2 rings (SSSR count). The van der Waals surface area contributed by atoms with Gasteiger partial charge < -0.3 is 10.1 Å². The van der Waals surface area contributed by atoms with Crippen molar-refractivity contribution in [3.05, 3.63) is 0 Å². The Morgan fingerprint density at radius 3 is 2.81 bits per heavy atom. The van der Waals surface area contributed by atoms with E-state index in [4.69, 9.17) is 4.74 Å². The van der Waals surface area contributed by atoms with Gasteiger partial charge in [-0.25, -0.2) is 0 Å². The molecule has 2 heterocycles. The van der Waals surface area contributed by atoms with E-state index in [2.05, 4.69) is 10.2 Å². The van der Waals surface area contributed by atoms with Gasteiger partial charge in [0, 0.05) is 6.04 Å². The van der Waals surface area contributed by atoms with Gasteiger partial charge in [-0.3, -0.25) is 9.69 Å². The summed E-state index contributed by atoms with van der Waals surface area (Å²) in [6, 6.07) is 0.261. The fourth-order valence-electron chi connectivity index (χ4n) is 2.81. The van der Waals surface area contributed by atoms with Gasteiger partial charge >= 0.3 is 5.97 Å². The van der Waals surface area contributed by atoms with Crippen molar-refractivity contribution in [1.29, 1.82) is 0 Å². The standard InChI is InChI=1S/C12H22N2O2/c1-2-16-12(15)11-10(6-7-13-11)14-8-4-3-5-9-14/h10-11,13H,2-9H2,1H3/t10?,11-/m0/s1. The minimum atomic E-state index is -0.0990. The SMILES string of the molecule is CCOC(=O)[C@H]1NCCC1N1CCCCC1. The summed E-state index contributed by atoms with van der Waals surface area (Å²) in [4.78, 5) is 14.3. The Balaban J connectivity index is 1.93. The van der Waals surface area contributed by atoms with Gasteiger partial charge in [0.1, 0.15) is 6.04 Å². The Kier molecular flexibility index (Phi) is 4.18. The van der Waals surface area contributed by atoms with Crippen molar-refractivity contribution < 1.29 is 9.53 Å². The van der Waals surface area contributed by atoms with Crippen LogP contribution in [-0.4, -0.2) is 49.2 Å². The zero-order valence-corrected chi connectivity index (χ0v) is 10.1. The van der Waals surface area contributed by atoms with Gasteiger partial charge in [-0.05, 0) is 45.8 Å². The van der Waals surface area contributed by atoms with Crippen LogP contribution in [0.1, 0.15) is 32.6 Å². The van der Waals surface area contributed by atoms with Crippen LogP contribution in [0, 0.1) is 0 Å². The fourth-order valence-corrected chi connectivity index (χ4v) is 2.81. The van der Waals surface area contributed by atoms with E-state index in [9.17, 15) is 4.79 Å². The molecule has 4 nitrogen and oxygen atoms in total. The first-order chi connectivity index (χ1) is 7.83. The van der Waals surface area contributed by atoms with E-state index in [0.29, 0.717) is 12.6 Å². The molecule has 2 atom stereocenters. The van der Waals surface area contributed by atoms with Gasteiger partial charge in [-0.2, -0.15) is 0 Å². The highest BCUT2D eigenvalue weighted by molar-refractivity contribution is 5.77. The third-order valence-corrected chi connectivity index (χ3v) is 3.59. The minimum absolute atomic E-state index is 0.0735. The number of ether oxygens (including phenoxy) is 1. The molecule has 0 aliphatic carbocycles. The third-order valence-electron chi connectivity index (χ3n) is 3.59. The highest BCUT2D eigenvalue weighted by Crippen LogP contribution is 2.20. The Hall–Kier alpha value is -0.610. The second kappa shape index (κ2) is 5.64. The summed E-state index contributed by atoms with van der Waals surface area (Å²) < 4.78 is 5.12. The molecule has 1 unspecified atom stereocenters. The lowest BCUT2D eigenvalue weighted by Crippen LogP contribution is -2.50. The number of esters is 1. The van der Waals surface area contributed by atoms with E-state index < -0.39 is 0 Å². The molecule has 0 amide bonds. The van der Waals surface area contributed by atoms with E-state index in [0.717, 1.165) is 26.1 Å². The summed E-state index contributed by atoms with van der Waals surface area (Å²) in [7, 11) is 0. The number of hydrogen-bond acceptors (Lipinski definition) is 4. The maximum absolute atomic E-state index is 11.8. The van der Waals surface area contributed by atoms with Crippen LogP contribution in [-0.2, 0) is 9.53 Å². The first kappa shape index (κ1) is 11.9. The molecule has 2 aliphatic heterocycles. The summed E-state index contributed by atoms with van der Waals surface area (Å²) in [6.07, 6.45) is 4.95. The number of rotatable bonds is 3. The van der Waals surface area contributed by atoms with Crippen LogP contribution in [0.3, 0.4) is 0 Å². The average Bonchev–Trinajstić information content (AvgIpc) is 2.79.